The number of hydrogen-bond donors (Lipinski definition) is 1. The minimum Gasteiger partial charge on any atom is -0.355 e. The van der Waals surface area contributed by atoms with Crippen molar-refractivity contribution in [1.29, 1.82) is 0 Å². The topological polar surface area (TPSA) is 46.2 Å². The standard InChI is InChI=1S/C29H43NO2S/c1-2-3-4-5-6-7-8-9-10-11-12-19-24-30-28(31)25-33(32)29(26-20-15-13-16-21-26)27-22-17-14-18-23-27/h13-18,20-23,29H,2-12,19,24-25H2,1H3,(H,30,31). The highest BCUT2D eigenvalue weighted by Gasteiger charge is 2.23. The normalized spacial score (nSPS) is 12.1. The Balaban J connectivity index is 1.60. The van der Waals surface area contributed by atoms with Crippen molar-refractivity contribution in [2.75, 3.05) is 12.3 Å². The second-order valence-corrected chi connectivity index (χ2v) is 10.5. The molecule has 1 unspecified atom stereocenters. The van der Waals surface area contributed by atoms with Crippen LogP contribution in [0.1, 0.15) is 100 Å². The van der Waals surface area contributed by atoms with Crippen LogP contribution in [0.15, 0.2) is 60.7 Å². The van der Waals surface area contributed by atoms with Crippen molar-refractivity contribution in [3.63, 3.8) is 0 Å². The molecule has 182 valence electrons. The molecule has 3 nitrogen and oxygen atoms in total. The van der Waals surface area contributed by atoms with Gasteiger partial charge in [-0.15, -0.1) is 0 Å². The molecule has 0 spiro atoms. The lowest BCUT2D eigenvalue weighted by Gasteiger charge is -2.17. The van der Waals surface area contributed by atoms with Crippen LogP contribution in [0.2, 0.25) is 0 Å². The molecule has 33 heavy (non-hydrogen) atoms. The van der Waals surface area contributed by atoms with Gasteiger partial charge in [-0.3, -0.25) is 9.00 Å². The zero-order valence-electron chi connectivity index (χ0n) is 20.5. The van der Waals surface area contributed by atoms with E-state index in [1.165, 1.54) is 64.2 Å². The van der Waals surface area contributed by atoms with E-state index in [2.05, 4.69) is 12.2 Å². The molecule has 1 amide bonds. The quantitative estimate of drug-likeness (QED) is 0.232. The summed E-state index contributed by atoms with van der Waals surface area (Å²) in [5, 5.41) is 2.69. The van der Waals surface area contributed by atoms with Crippen LogP contribution in [0.25, 0.3) is 0 Å². The molecule has 0 aromatic heterocycles. The van der Waals surface area contributed by atoms with Crippen molar-refractivity contribution >= 4 is 16.7 Å². The highest BCUT2D eigenvalue weighted by molar-refractivity contribution is 7.86. The van der Waals surface area contributed by atoms with E-state index in [1.54, 1.807) is 0 Å². The van der Waals surface area contributed by atoms with Crippen molar-refractivity contribution in [2.45, 2.75) is 89.2 Å². The first-order valence-electron chi connectivity index (χ1n) is 13.0. The van der Waals surface area contributed by atoms with E-state index in [9.17, 15) is 9.00 Å². The number of rotatable bonds is 18. The molecule has 0 heterocycles. The zero-order chi connectivity index (χ0) is 23.6. The van der Waals surface area contributed by atoms with Gasteiger partial charge in [-0.25, -0.2) is 0 Å². The maximum absolute atomic E-state index is 13.1. The van der Waals surface area contributed by atoms with Gasteiger partial charge in [-0.1, -0.05) is 138 Å². The molecule has 2 aromatic rings. The van der Waals surface area contributed by atoms with Crippen molar-refractivity contribution < 1.29 is 9.00 Å². The summed E-state index contributed by atoms with van der Waals surface area (Å²) in [5.41, 5.74) is 1.96. The number of unbranched alkanes of at least 4 members (excludes halogenated alkanes) is 11. The molecule has 4 heteroatoms. The number of benzene rings is 2. The summed E-state index contributed by atoms with van der Waals surface area (Å²) in [7, 11) is -1.32. The van der Waals surface area contributed by atoms with Crippen molar-refractivity contribution in [3.8, 4) is 0 Å². The Morgan fingerprint density at radius 1 is 0.697 bits per heavy atom. The average molecular weight is 470 g/mol. The van der Waals surface area contributed by atoms with Crippen LogP contribution in [0.4, 0.5) is 0 Å². The zero-order valence-corrected chi connectivity index (χ0v) is 21.3. The van der Waals surface area contributed by atoms with E-state index in [-0.39, 0.29) is 16.9 Å². The molecule has 0 saturated heterocycles. The van der Waals surface area contributed by atoms with Crippen LogP contribution in [-0.2, 0) is 15.6 Å². The number of carbonyl (C=O) groups is 1. The fraction of sp³-hybridized carbons (Fsp3) is 0.552. The van der Waals surface area contributed by atoms with Crippen LogP contribution in [0.5, 0.6) is 0 Å². The monoisotopic (exact) mass is 469 g/mol. The molecule has 0 aliphatic carbocycles. The van der Waals surface area contributed by atoms with Gasteiger partial charge in [0.15, 0.2) is 0 Å². The summed E-state index contributed by atoms with van der Waals surface area (Å²) in [6, 6.07) is 19.7. The summed E-state index contributed by atoms with van der Waals surface area (Å²) >= 11 is 0. The van der Waals surface area contributed by atoms with Crippen LogP contribution in [0.3, 0.4) is 0 Å². The molecule has 0 saturated carbocycles. The van der Waals surface area contributed by atoms with Crippen molar-refractivity contribution in [3.05, 3.63) is 71.8 Å². The second kappa shape index (κ2) is 17.5. The maximum Gasteiger partial charge on any atom is 0.232 e. The highest BCUT2D eigenvalue weighted by atomic mass is 32.2. The van der Waals surface area contributed by atoms with E-state index < -0.39 is 10.8 Å². The lowest BCUT2D eigenvalue weighted by Crippen LogP contribution is -2.30. The van der Waals surface area contributed by atoms with Gasteiger partial charge in [-0.05, 0) is 17.5 Å². The summed E-state index contributed by atoms with van der Waals surface area (Å²) in [6.45, 7) is 2.94. The summed E-state index contributed by atoms with van der Waals surface area (Å²) in [5.74, 6) is -0.0829. The summed E-state index contributed by atoms with van der Waals surface area (Å²) < 4.78 is 13.1. The van der Waals surface area contributed by atoms with Gasteiger partial charge in [0.2, 0.25) is 5.91 Å². The third-order valence-electron chi connectivity index (χ3n) is 6.09. The van der Waals surface area contributed by atoms with E-state index in [0.29, 0.717) is 6.54 Å². The average Bonchev–Trinajstić information content (AvgIpc) is 2.83. The predicted octanol–water partition coefficient (Wildman–Crippen LogP) is 7.34. The first-order chi connectivity index (χ1) is 16.2. The third kappa shape index (κ3) is 11.7. The van der Waals surface area contributed by atoms with Crippen molar-refractivity contribution in [1.82, 2.24) is 5.32 Å². The molecule has 1 N–H and O–H groups in total. The van der Waals surface area contributed by atoms with Crippen LogP contribution in [-0.4, -0.2) is 22.4 Å². The van der Waals surface area contributed by atoms with E-state index >= 15 is 0 Å². The number of nitrogens with one attached hydrogen (secondary N) is 1. The Bertz CT molecular complexity index is 739. The SMILES string of the molecule is CCCCCCCCCCCCCCNC(=O)CS(=O)C(c1ccccc1)c1ccccc1. The van der Waals surface area contributed by atoms with Crippen molar-refractivity contribution in [2.24, 2.45) is 0 Å². The lowest BCUT2D eigenvalue weighted by molar-refractivity contribution is -0.118. The minimum atomic E-state index is -1.32. The van der Waals surface area contributed by atoms with Gasteiger partial charge < -0.3 is 5.32 Å². The number of amides is 1. The first-order valence-corrected chi connectivity index (χ1v) is 14.3. The minimum absolute atomic E-state index is 0.0344. The van der Waals surface area contributed by atoms with Gasteiger partial charge in [0.25, 0.3) is 0 Å². The predicted molar refractivity (Wildman–Crippen MR) is 142 cm³/mol. The van der Waals surface area contributed by atoms with Crippen LogP contribution >= 0.6 is 0 Å². The van der Waals surface area contributed by atoms with Gasteiger partial charge >= 0.3 is 0 Å². The molecular weight excluding hydrogens is 426 g/mol. The van der Waals surface area contributed by atoms with Gasteiger partial charge in [0.05, 0.1) is 5.25 Å². The summed E-state index contributed by atoms with van der Waals surface area (Å²) in [4.78, 5) is 12.4. The molecule has 2 rings (SSSR count). The highest BCUT2D eigenvalue weighted by Crippen LogP contribution is 2.28. The van der Waals surface area contributed by atoms with Crippen LogP contribution < -0.4 is 5.32 Å². The Labute approximate surface area is 204 Å². The second-order valence-electron chi connectivity index (χ2n) is 8.97. The molecule has 2 aromatic carbocycles. The largest absolute Gasteiger partial charge is 0.355 e. The van der Waals surface area contributed by atoms with E-state index in [0.717, 1.165) is 24.0 Å². The molecular formula is C29H43NO2S. The molecule has 0 aliphatic heterocycles. The Morgan fingerprint density at radius 2 is 1.12 bits per heavy atom. The van der Waals surface area contributed by atoms with Gasteiger partial charge in [-0.2, -0.15) is 0 Å². The Morgan fingerprint density at radius 3 is 1.58 bits per heavy atom. The number of hydrogen-bond acceptors (Lipinski definition) is 2. The maximum atomic E-state index is 13.1. The van der Waals surface area contributed by atoms with Gasteiger partial charge in [0.1, 0.15) is 5.75 Å². The molecule has 0 aliphatic rings. The molecule has 1 atom stereocenters. The molecule has 0 fully saturated rings. The fourth-order valence-electron chi connectivity index (χ4n) is 4.21. The molecule has 0 radical (unpaired) electrons. The Kier molecular flexibility index (Phi) is 14.5. The Hall–Kier alpha value is -1.94. The number of carbonyl (C=O) groups excluding carboxylic acids is 1. The fourth-order valence-corrected chi connectivity index (χ4v) is 5.66. The van der Waals surface area contributed by atoms with Gasteiger partial charge in [0, 0.05) is 17.3 Å². The third-order valence-corrected chi connectivity index (χ3v) is 7.71. The summed E-state index contributed by atoms with van der Waals surface area (Å²) in [6.07, 6.45) is 15.6. The van der Waals surface area contributed by atoms with E-state index in [4.69, 9.17) is 0 Å². The smallest absolute Gasteiger partial charge is 0.232 e. The van der Waals surface area contributed by atoms with Crippen LogP contribution in [0, 0.1) is 0 Å². The first kappa shape index (κ1) is 27.3. The molecule has 0 bridgehead atoms. The lowest BCUT2D eigenvalue weighted by atomic mass is 10.0. The van der Waals surface area contributed by atoms with E-state index in [1.807, 2.05) is 60.7 Å².